The minimum Gasteiger partial charge on any atom is -0.488 e. The second-order valence-corrected chi connectivity index (χ2v) is 11.2. The molecule has 3 heterocycles. The molecule has 5 rings (SSSR count). The Balaban J connectivity index is 1.42. The van der Waals surface area contributed by atoms with Crippen molar-refractivity contribution in [2.45, 2.75) is 70.4 Å². The number of likely N-dealkylation sites (tertiary alicyclic amines) is 1. The highest BCUT2D eigenvalue weighted by Crippen LogP contribution is 2.44. The van der Waals surface area contributed by atoms with Gasteiger partial charge in [-0.05, 0) is 50.8 Å². The van der Waals surface area contributed by atoms with Gasteiger partial charge in [0, 0.05) is 50.5 Å². The van der Waals surface area contributed by atoms with E-state index in [9.17, 15) is 27.9 Å². The Labute approximate surface area is 229 Å². The number of benzene rings is 1. The number of nitrogens with one attached hydrogen (secondary N) is 1. The van der Waals surface area contributed by atoms with Gasteiger partial charge < -0.3 is 20.1 Å². The molecular formula is C28H32F3N5O4. The Kier molecular flexibility index (Phi) is 7.24. The van der Waals surface area contributed by atoms with Crippen LogP contribution in [0.2, 0.25) is 0 Å². The lowest BCUT2D eigenvalue weighted by Crippen LogP contribution is -2.41. The fourth-order valence-corrected chi connectivity index (χ4v) is 5.21. The summed E-state index contributed by atoms with van der Waals surface area (Å²) in [7, 11) is 0. The van der Waals surface area contributed by atoms with E-state index in [1.54, 1.807) is 30.9 Å². The molecule has 2 fully saturated rings. The van der Waals surface area contributed by atoms with E-state index in [1.165, 1.54) is 13.0 Å². The predicted octanol–water partition coefficient (Wildman–Crippen LogP) is 4.81. The highest BCUT2D eigenvalue weighted by molar-refractivity contribution is 6.05. The van der Waals surface area contributed by atoms with Crippen LogP contribution in [-0.4, -0.2) is 61.4 Å². The third-order valence-electron chi connectivity index (χ3n) is 7.81. The maximum absolute atomic E-state index is 13.2. The average molecular weight is 560 g/mol. The summed E-state index contributed by atoms with van der Waals surface area (Å²) in [5.41, 5.74) is -1.38. The van der Waals surface area contributed by atoms with Crippen molar-refractivity contribution in [3.8, 4) is 5.75 Å². The molecule has 1 saturated heterocycles. The van der Waals surface area contributed by atoms with Gasteiger partial charge in [-0.1, -0.05) is 6.07 Å². The van der Waals surface area contributed by atoms with E-state index in [1.807, 2.05) is 10.9 Å². The molecule has 0 unspecified atom stereocenters. The number of hydrogen-bond acceptors (Lipinski definition) is 6. The summed E-state index contributed by atoms with van der Waals surface area (Å²) in [5, 5.41) is 18.4. The number of alkyl halides is 3. The number of piperidine rings is 1. The molecule has 3 aromatic rings. The van der Waals surface area contributed by atoms with Gasteiger partial charge >= 0.3 is 6.18 Å². The number of ether oxygens (including phenoxy) is 1. The molecule has 2 amide bonds. The molecule has 1 saturated carbocycles. The van der Waals surface area contributed by atoms with Gasteiger partial charge in [0.25, 0.3) is 5.91 Å². The Morgan fingerprint density at radius 3 is 2.45 bits per heavy atom. The number of nitrogens with zero attached hydrogens (tertiary/aromatic N) is 4. The highest BCUT2D eigenvalue weighted by Gasteiger charge is 2.40. The van der Waals surface area contributed by atoms with Crippen LogP contribution in [0.25, 0.3) is 10.9 Å². The van der Waals surface area contributed by atoms with E-state index in [-0.39, 0.29) is 35.4 Å². The first-order valence-electron chi connectivity index (χ1n) is 13.3. The number of hydrogen-bond donors (Lipinski definition) is 2. The molecule has 2 N–H and O–H groups in total. The molecule has 0 atom stereocenters. The first-order valence-corrected chi connectivity index (χ1v) is 13.3. The number of anilines is 1. The second-order valence-electron chi connectivity index (χ2n) is 11.2. The SMILES string of the molecule is CC(=O)N1CCC(Oc2cc3nn([C@H]4C[C@H](C(C)(C)O)C4)cc3cc2NC(=O)c2cccc(C(F)(F)F)n2)CC1. The fraction of sp³-hybridized carbons (Fsp3) is 0.500. The number of halogens is 3. The lowest BCUT2D eigenvalue weighted by molar-refractivity contribution is -0.141. The minimum atomic E-state index is -4.68. The Bertz CT molecular complexity index is 1420. The molecule has 1 aromatic carbocycles. The largest absolute Gasteiger partial charge is 0.488 e. The summed E-state index contributed by atoms with van der Waals surface area (Å²) in [6.07, 6.45) is -0.311. The van der Waals surface area contributed by atoms with E-state index in [2.05, 4.69) is 10.3 Å². The first-order chi connectivity index (χ1) is 18.8. The Morgan fingerprint density at radius 1 is 1.12 bits per heavy atom. The molecule has 0 spiro atoms. The number of aromatic nitrogens is 3. The molecule has 0 bridgehead atoms. The third-order valence-corrected chi connectivity index (χ3v) is 7.81. The highest BCUT2D eigenvalue weighted by atomic mass is 19.4. The number of rotatable bonds is 6. The quantitative estimate of drug-likeness (QED) is 0.449. The number of fused-ring (bicyclic) bond motifs is 1. The first kappa shape index (κ1) is 27.9. The van der Waals surface area contributed by atoms with Crippen LogP contribution in [-0.2, 0) is 11.0 Å². The number of aliphatic hydroxyl groups is 1. The number of pyridine rings is 1. The standard InChI is InChI=1S/C28H32F3N5O4/c1-16(37)35-9-7-20(8-10-35)40-24-14-22-17(15-36(34-22)19-12-18(13-19)27(2,3)39)11-23(24)33-26(38)21-5-4-6-25(32-21)28(29,30)31/h4-6,11,14-15,18-20,39H,7-10,12-13H2,1-3H3,(H,33,38)/t18-,19-. The van der Waals surface area contributed by atoms with Crippen LogP contribution in [0.5, 0.6) is 5.75 Å². The van der Waals surface area contributed by atoms with Crippen molar-refractivity contribution in [2.75, 3.05) is 18.4 Å². The molecule has 1 aliphatic heterocycles. The summed E-state index contributed by atoms with van der Waals surface area (Å²) in [6.45, 7) is 6.19. The molecule has 12 heteroatoms. The molecule has 40 heavy (non-hydrogen) atoms. The normalized spacial score (nSPS) is 20.3. The van der Waals surface area contributed by atoms with E-state index in [4.69, 9.17) is 9.84 Å². The molecule has 2 aromatic heterocycles. The van der Waals surface area contributed by atoms with Crippen molar-refractivity contribution in [1.29, 1.82) is 0 Å². The van der Waals surface area contributed by atoms with Crippen LogP contribution in [0.4, 0.5) is 18.9 Å². The summed E-state index contributed by atoms with van der Waals surface area (Å²) in [5.74, 6) is -0.308. The maximum atomic E-state index is 13.2. The zero-order chi connectivity index (χ0) is 28.8. The van der Waals surface area contributed by atoms with Gasteiger partial charge in [-0.25, -0.2) is 4.98 Å². The molecule has 0 radical (unpaired) electrons. The zero-order valence-corrected chi connectivity index (χ0v) is 22.5. The van der Waals surface area contributed by atoms with Gasteiger partial charge in [0.05, 0.1) is 22.8 Å². The van der Waals surface area contributed by atoms with Crippen LogP contribution in [0.15, 0.2) is 36.5 Å². The van der Waals surface area contributed by atoms with Gasteiger partial charge in [-0.3, -0.25) is 14.3 Å². The lowest BCUT2D eigenvalue weighted by Gasteiger charge is -2.42. The van der Waals surface area contributed by atoms with E-state index < -0.39 is 23.4 Å². The summed E-state index contributed by atoms with van der Waals surface area (Å²) >= 11 is 0. The third kappa shape index (κ3) is 5.91. The van der Waals surface area contributed by atoms with Crippen molar-refractivity contribution in [1.82, 2.24) is 19.7 Å². The van der Waals surface area contributed by atoms with Crippen molar-refractivity contribution in [3.05, 3.63) is 47.9 Å². The zero-order valence-electron chi connectivity index (χ0n) is 22.5. The van der Waals surface area contributed by atoms with Crippen LogP contribution in [0.3, 0.4) is 0 Å². The molecule has 214 valence electrons. The topological polar surface area (TPSA) is 110 Å². The van der Waals surface area contributed by atoms with Crippen LogP contribution >= 0.6 is 0 Å². The minimum absolute atomic E-state index is 0.00484. The second kappa shape index (κ2) is 10.4. The number of carbonyl (C=O) groups is 2. The summed E-state index contributed by atoms with van der Waals surface area (Å²) in [4.78, 5) is 29.9. The predicted molar refractivity (Wildman–Crippen MR) is 141 cm³/mol. The van der Waals surface area contributed by atoms with Gasteiger partial charge in [0.1, 0.15) is 23.2 Å². The van der Waals surface area contributed by atoms with Gasteiger partial charge in [-0.15, -0.1) is 0 Å². The lowest BCUT2D eigenvalue weighted by atomic mass is 9.71. The molecule has 2 aliphatic rings. The summed E-state index contributed by atoms with van der Waals surface area (Å²) < 4.78 is 47.6. The number of carbonyl (C=O) groups excluding carboxylic acids is 2. The van der Waals surface area contributed by atoms with Crippen molar-refractivity contribution >= 4 is 28.4 Å². The Morgan fingerprint density at radius 2 is 1.82 bits per heavy atom. The monoisotopic (exact) mass is 559 g/mol. The summed E-state index contributed by atoms with van der Waals surface area (Å²) in [6, 6.07) is 6.69. The van der Waals surface area contributed by atoms with Crippen LogP contribution < -0.4 is 10.1 Å². The van der Waals surface area contributed by atoms with Crippen LogP contribution in [0, 0.1) is 5.92 Å². The number of amides is 2. The van der Waals surface area contributed by atoms with Crippen molar-refractivity contribution in [2.24, 2.45) is 5.92 Å². The Hall–Kier alpha value is -3.67. The van der Waals surface area contributed by atoms with Crippen LogP contribution in [0.1, 0.15) is 68.7 Å². The average Bonchev–Trinajstić information content (AvgIpc) is 3.24. The van der Waals surface area contributed by atoms with E-state index in [0.717, 1.165) is 30.4 Å². The van der Waals surface area contributed by atoms with Gasteiger partial charge in [0.2, 0.25) is 5.91 Å². The molecule has 1 aliphatic carbocycles. The molecule has 9 nitrogen and oxygen atoms in total. The smallest absolute Gasteiger partial charge is 0.433 e. The maximum Gasteiger partial charge on any atom is 0.433 e. The van der Waals surface area contributed by atoms with E-state index in [0.29, 0.717) is 37.2 Å². The van der Waals surface area contributed by atoms with Crippen molar-refractivity contribution < 1.29 is 32.6 Å². The fourth-order valence-electron chi connectivity index (χ4n) is 5.21. The van der Waals surface area contributed by atoms with E-state index >= 15 is 0 Å². The molecular weight excluding hydrogens is 527 g/mol. The van der Waals surface area contributed by atoms with Gasteiger partial charge in [0.15, 0.2) is 0 Å². The van der Waals surface area contributed by atoms with Gasteiger partial charge in [-0.2, -0.15) is 18.3 Å². The van der Waals surface area contributed by atoms with Crippen molar-refractivity contribution in [3.63, 3.8) is 0 Å².